The Kier molecular flexibility index (Phi) is 4.37. The molecule has 2 bridgehead atoms. The molecule has 3 atom stereocenters. The van der Waals surface area contributed by atoms with E-state index < -0.39 is 10.0 Å². The zero-order valence-electron chi connectivity index (χ0n) is 14.2. The number of sulfonamides is 1. The maximum atomic E-state index is 13.8. The quantitative estimate of drug-likeness (QED) is 0.867. The molecule has 0 unspecified atom stereocenters. The van der Waals surface area contributed by atoms with Crippen LogP contribution in [0.5, 0.6) is 0 Å². The summed E-state index contributed by atoms with van der Waals surface area (Å²) in [6, 6.07) is 7.65. The number of carbonyl (C=O) groups is 1. The van der Waals surface area contributed by atoms with Crippen molar-refractivity contribution in [1.29, 1.82) is 0 Å². The van der Waals surface area contributed by atoms with E-state index in [1.807, 2.05) is 0 Å². The number of aryl methyl sites for hydroxylation is 1. The number of thiophene rings is 1. The van der Waals surface area contributed by atoms with Crippen molar-refractivity contribution in [3.8, 4) is 0 Å². The number of fused-ring (bicyclic) bond motifs is 2. The van der Waals surface area contributed by atoms with Gasteiger partial charge in [-0.15, -0.1) is 11.3 Å². The van der Waals surface area contributed by atoms with Gasteiger partial charge in [-0.3, -0.25) is 4.79 Å². The van der Waals surface area contributed by atoms with Gasteiger partial charge in [0.1, 0.15) is 10.0 Å². The third-order valence-corrected chi connectivity index (χ3v) is 8.18. The van der Waals surface area contributed by atoms with Gasteiger partial charge < -0.3 is 4.90 Å². The van der Waals surface area contributed by atoms with Crippen molar-refractivity contribution in [1.82, 2.24) is 9.62 Å². The van der Waals surface area contributed by atoms with E-state index in [9.17, 15) is 17.6 Å². The molecule has 1 saturated heterocycles. The molecular formula is C18H19FN2O3S2. The summed E-state index contributed by atoms with van der Waals surface area (Å²) in [7, 11) is -3.51. The number of likely N-dealkylation sites (tertiary alicyclic amines) is 1. The lowest BCUT2D eigenvalue weighted by molar-refractivity contribution is 0.0691. The minimum Gasteiger partial charge on any atom is -0.335 e. The van der Waals surface area contributed by atoms with Crippen LogP contribution in [0.2, 0.25) is 0 Å². The topological polar surface area (TPSA) is 66.5 Å². The first-order valence-electron chi connectivity index (χ1n) is 8.48. The molecule has 2 fully saturated rings. The zero-order valence-corrected chi connectivity index (χ0v) is 15.8. The van der Waals surface area contributed by atoms with Crippen molar-refractivity contribution in [2.24, 2.45) is 5.92 Å². The fourth-order valence-corrected chi connectivity index (χ4v) is 6.24. The molecule has 26 heavy (non-hydrogen) atoms. The molecule has 1 aliphatic heterocycles. The molecule has 1 N–H and O–H groups in total. The Labute approximate surface area is 155 Å². The number of hydrogen-bond donors (Lipinski definition) is 1. The molecule has 1 aromatic heterocycles. The highest BCUT2D eigenvalue weighted by Crippen LogP contribution is 2.39. The molecule has 1 amide bonds. The van der Waals surface area contributed by atoms with Gasteiger partial charge in [0.25, 0.3) is 5.91 Å². The molecule has 0 spiro atoms. The Morgan fingerprint density at radius 1 is 1.31 bits per heavy atom. The predicted molar refractivity (Wildman–Crippen MR) is 97.1 cm³/mol. The van der Waals surface area contributed by atoms with E-state index in [-0.39, 0.29) is 29.7 Å². The standard InChI is InChI=1S/C18H19FN2O3S2/c1-11-4-5-12(8-15(11)19)18(22)21-10-13-7-14(21)9-16(13)20-26(23,24)17-3-2-6-25-17/h2-6,8,13-14,16,20H,7,9-10H2,1H3/t13-,14-,16-/m0/s1. The van der Waals surface area contributed by atoms with Gasteiger partial charge in [0.05, 0.1) is 0 Å². The third-order valence-electron chi connectivity index (χ3n) is 5.29. The van der Waals surface area contributed by atoms with Crippen LogP contribution in [0.15, 0.2) is 39.9 Å². The molecule has 1 aromatic carbocycles. The SMILES string of the molecule is Cc1ccc(C(=O)N2C[C@@H]3C[C@H]2C[C@@H]3NS(=O)(=O)c2cccs2)cc1F. The smallest absolute Gasteiger partial charge is 0.254 e. The molecule has 1 saturated carbocycles. The van der Waals surface area contributed by atoms with Crippen LogP contribution in [0.4, 0.5) is 4.39 Å². The lowest BCUT2D eigenvalue weighted by atomic mass is 10.0. The van der Waals surface area contributed by atoms with Gasteiger partial charge in [0.15, 0.2) is 0 Å². The molecule has 2 aliphatic rings. The van der Waals surface area contributed by atoms with Crippen LogP contribution in [0.1, 0.15) is 28.8 Å². The number of carbonyl (C=O) groups excluding carboxylic acids is 1. The first-order chi connectivity index (χ1) is 12.3. The Bertz CT molecular complexity index is 943. The Morgan fingerprint density at radius 3 is 2.73 bits per heavy atom. The monoisotopic (exact) mass is 394 g/mol. The van der Waals surface area contributed by atoms with Crippen molar-refractivity contribution in [3.63, 3.8) is 0 Å². The lowest BCUT2D eigenvalue weighted by Crippen LogP contribution is -2.47. The maximum absolute atomic E-state index is 13.8. The van der Waals surface area contributed by atoms with Crippen LogP contribution in [-0.2, 0) is 10.0 Å². The summed E-state index contributed by atoms with van der Waals surface area (Å²) in [5.74, 6) is -0.480. The van der Waals surface area contributed by atoms with Crippen LogP contribution in [-0.4, -0.2) is 37.9 Å². The summed E-state index contributed by atoms with van der Waals surface area (Å²) in [6.07, 6.45) is 1.37. The fraction of sp³-hybridized carbons (Fsp3) is 0.389. The molecule has 2 heterocycles. The summed E-state index contributed by atoms with van der Waals surface area (Å²) in [5.41, 5.74) is 0.851. The molecule has 2 aromatic rings. The number of hydrogen-bond acceptors (Lipinski definition) is 4. The van der Waals surface area contributed by atoms with E-state index in [0.29, 0.717) is 28.3 Å². The van der Waals surface area contributed by atoms with Crippen molar-refractivity contribution in [2.45, 2.75) is 36.1 Å². The maximum Gasteiger partial charge on any atom is 0.254 e. The van der Waals surface area contributed by atoms with E-state index in [4.69, 9.17) is 0 Å². The van der Waals surface area contributed by atoms with E-state index in [1.165, 1.54) is 17.4 Å². The molecule has 0 radical (unpaired) electrons. The highest BCUT2D eigenvalue weighted by molar-refractivity contribution is 7.91. The minimum atomic E-state index is -3.51. The number of nitrogens with zero attached hydrogens (tertiary/aromatic N) is 1. The van der Waals surface area contributed by atoms with Crippen LogP contribution in [0, 0.1) is 18.7 Å². The van der Waals surface area contributed by atoms with E-state index >= 15 is 0 Å². The Hall–Kier alpha value is -1.77. The highest BCUT2D eigenvalue weighted by Gasteiger charge is 2.47. The number of rotatable bonds is 4. The second kappa shape index (κ2) is 6.44. The third kappa shape index (κ3) is 3.06. The van der Waals surface area contributed by atoms with Gasteiger partial charge in [0, 0.05) is 24.2 Å². The molecular weight excluding hydrogens is 375 g/mol. The van der Waals surface area contributed by atoms with Gasteiger partial charge in [-0.2, -0.15) is 0 Å². The zero-order chi connectivity index (χ0) is 18.5. The highest BCUT2D eigenvalue weighted by atomic mass is 32.2. The normalized spacial score (nSPS) is 25.0. The van der Waals surface area contributed by atoms with E-state index in [2.05, 4.69) is 4.72 Å². The first kappa shape index (κ1) is 17.6. The van der Waals surface area contributed by atoms with Crippen molar-refractivity contribution in [2.75, 3.05) is 6.54 Å². The number of halogens is 1. The first-order valence-corrected chi connectivity index (χ1v) is 10.8. The van der Waals surface area contributed by atoms with Crippen LogP contribution < -0.4 is 4.72 Å². The van der Waals surface area contributed by atoms with Crippen molar-refractivity contribution in [3.05, 3.63) is 52.7 Å². The van der Waals surface area contributed by atoms with E-state index in [1.54, 1.807) is 41.5 Å². The summed E-state index contributed by atoms with van der Waals surface area (Å²) in [6.45, 7) is 2.16. The molecule has 1 aliphatic carbocycles. The number of piperidine rings is 1. The van der Waals surface area contributed by atoms with Crippen molar-refractivity contribution < 1.29 is 17.6 Å². The Morgan fingerprint density at radius 2 is 2.12 bits per heavy atom. The second-order valence-corrected chi connectivity index (χ2v) is 9.86. The van der Waals surface area contributed by atoms with Gasteiger partial charge in [-0.25, -0.2) is 17.5 Å². The fourth-order valence-electron chi connectivity index (χ4n) is 3.91. The molecule has 8 heteroatoms. The van der Waals surface area contributed by atoms with Gasteiger partial charge in [0.2, 0.25) is 10.0 Å². The average Bonchev–Trinajstić information content (AvgIpc) is 3.32. The number of nitrogens with one attached hydrogen (secondary N) is 1. The summed E-state index contributed by atoms with van der Waals surface area (Å²) >= 11 is 1.19. The van der Waals surface area contributed by atoms with Crippen LogP contribution >= 0.6 is 11.3 Å². The average molecular weight is 394 g/mol. The lowest BCUT2D eigenvalue weighted by Gasteiger charge is -2.31. The van der Waals surface area contributed by atoms with Gasteiger partial charge >= 0.3 is 0 Å². The predicted octanol–water partition coefficient (Wildman–Crippen LogP) is 2.78. The molecule has 138 valence electrons. The number of benzene rings is 1. The summed E-state index contributed by atoms with van der Waals surface area (Å²) in [4.78, 5) is 14.5. The largest absolute Gasteiger partial charge is 0.335 e. The second-order valence-electron chi connectivity index (χ2n) is 6.97. The number of amides is 1. The summed E-state index contributed by atoms with van der Waals surface area (Å²) in [5, 5.41) is 1.73. The molecule has 5 nitrogen and oxygen atoms in total. The van der Waals surface area contributed by atoms with Gasteiger partial charge in [-0.1, -0.05) is 12.1 Å². The van der Waals surface area contributed by atoms with Crippen molar-refractivity contribution >= 4 is 27.3 Å². The van der Waals surface area contributed by atoms with Crippen LogP contribution in [0.3, 0.4) is 0 Å². The van der Waals surface area contributed by atoms with Gasteiger partial charge in [-0.05, 0) is 54.8 Å². The summed E-state index contributed by atoms with van der Waals surface area (Å²) < 4.78 is 41.7. The minimum absolute atomic E-state index is 0.00657. The van der Waals surface area contributed by atoms with E-state index in [0.717, 1.165) is 6.42 Å². The molecule has 4 rings (SSSR count). The van der Waals surface area contributed by atoms with Crippen LogP contribution in [0.25, 0.3) is 0 Å². The Balaban J connectivity index is 1.45.